The van der Waals surface area contributed by atoms with Gasteiger partial charge in [-0.2, -0.15) is 0 Å². The molecule has 0 aliphatic heterocycles. The molecule has 0 radical (unpaired) electrons. The fourth-order valence-electron chi connectivity index (χ4n) is 5.50. The van der Waals surface area contributed by atoms with Crippen LogP contribution in [0.25, 0.3) is 6.08 Å². The molecule has 0 bridgehead atoms. The van der Waals surface area contributed by atoms with Crippen molar-refractivity contribution in [2.24, 2.45) is 0 Å². The molecule has 0 atom stereocenters. The second-order valence-electron chi connectivity index (χ2n) is 10.00. The van der Waals surface area contributed by atoms with Crippen molar-refractivity contribution >= 4 is 42.5 Å². The Hall–Kier alpha value is -3.30. The molecule has 0 amide bonds. The van der Waals surface area contributed by atoms with E-state index in [1.807, 2.05) is 6.08 Å². The Bertz CT molecular complexity index is 1350. The summed E-state index contributed by atoms with van der Waals surface area (Å²) in [6, 6.07) is 53.9. The molecule has 0 saturated carbocycles. The first kappa shape index (κ1) is 27.3. The first-order chi connectivity index (χ1) is 19.3. The summed E-state index contributed by atoms with van der Waals surface area (Å²) in [6.07, 6.45) is 7.92. The van der Waals surface area contributed by atoms with Gasteiger partial charge in [0.25, 0.3) is 0 Å². The zero-order valence-electron chi connectivity index (χ0n) is 22.6. The monoisotopic (exact) mass is 543 g/mol. The minimum Gasteiger partial charge on any atom is -0.0985 e. The van der Waals surface area contributed by atoms with Crippen LogP contribution < -0.4 is 21.2 Å². The molecular formula is C37H37P2+. The van der Waals surface area contributed by atoms with Crippen molar-refractivity contribution in [2.45, 2.75) is 19.0 Å². The van der Waals surface area contributed by atoms with Crippen molar-refractivity contribution in [3.05, 3.63) is 163 Å². The van der Waals surface area contributed by atoms with Crippen molar-refractivity contribution in [2.75, 3.05) is 12.3 Å². The lowest BCUT2D eigenvalue weighted by Crippen LogP contribution is -2.27. The van der Waals surface area contributed by atoms with Crippen LogP contribution in [0.5, 0.6) is 0 Å². The summed E-state index contributed by atoms with van der Waals surface area (Å²) in [4.78, 5) is 0. The van der Waals surface area contributed by atoms with Gasteiger partial charge in [0, 0.05) is 0 Å². The third-order valence-corrected chi connectivity index (χ3v) is 14.6. The fraction of sp³-hybridized carbons (Fsp3) is 0.135. The van der Waals surface area contributed by atoms with Crippen LogP contribution in [0.3, 0.4) is 0 Å². The summed E-state index contributed by atoms with van der Waals surface area (Å²) in [5.41, 5.74) is 2.60. The van der Waals surface area contributed by atoms with Gasteiger partial charge in [0.15, 0.2) is 0 Å². The number of benzene rings is 5. The highest BCUT2D eigenvalue weighted by atomic mass is 31.2. The van der Waals surface area contributed by atoms with Crippen LogP contribution in [0.1, 0.15) is 24.0 Å². The number of unbranched alkanes of at least 4 members (excludes halogenated alkanes) is 1. The van der Waals surface area contributed by atoms with Crippen LogP contribution in [0.2, 0.25) is 0 Å². The highest BCUT2D eigenvalue weighted by Crippen LogP contribution is 2.60. The van der Waals surface area contributed by atoms with Gasteiger partial charge in [0.2, 0.25) is 0 Å². The Morgan fingerprint density at radius 3 is 1.59 bits per heavy atom. The molecule has 0 fully saturated rings. The zero-order valence-corrected chi connectivity index (χ0v) is 24.4. The minimum absolute atomic E-state index is 0.360. The minimum atomic E-state index is -1.68. The maximum atomic E-state index is 4.02. The number of hydrogen-bond donors (Lipinski definition) is 0. The Labute approximate surface area is 236 Å². The van der Waals surface area contributed by atoms with Gasteiger partial charge in [-0.1, -0.05) is 128 Å². The lowest BCUT2D eigenvalue weighted by molar-refractivity contribution is 0.896. The normalized spacial score (nSPS) is 11.4. The predicted octanol–water partition coefficient (Wildman–Crippen LogP) is 8.41. The van der Waals surface area contributed by atoms with E-state index in [9.17, 15) is 0 Å². The van der Waals surface area contributed by atoms with Crippen molar-refractivity contribution < 1.29 is 0 Å². The van der Waals surface area contributed by atoms with Gasteiger partial charge in [-0.3, -0.25) is 0 Å². The standard InChI is InChI=1S/C37H37P2/c1-2-32-18-17-19-33(30-32)31-39(36-24-11-5-12-25-36,37-26-13-6-14-27-37)29-16-15-28-38(34-20-7-3-8-21-34)35-22-9-4-10-23-35/h2-14,17-27,30H,1,15-16,28-29,31H2/q+1. The summed E-state index contributed by atoms with van der Waals surface area (Å²) in [5, 5.41) is 5.97. The van der Waals surface area contributed by atoms with Crippen molar-refractivity contribution in [3.63, 3.8) is 0 Å². The molecule has 0 saturated heterocycles. The second-order valence-corrected chi connectivity index (χ2v) is 16.1. The number of hydrogen-bond acceptors (Lipinski definition) is 0. The lowest BCUT2D eigenvalue weighted by Gasteiger charge is -2.28. The van der Waals surface area contributed by atoms with E-state index >= 15 is 0 Å². The van der Waals surface area contributed by atoms with Crippen molar-refractivity contribution in [1.82, 2.24) is 0 Å². The van der Waals surface area contributed by atoms with Gasteiger partial charge in [-0.15, -0.1) is 0 Å². The van der Waals surface area contributed by atoms with Gasteiger partial charge in [-0.25, -0.2) is 0 Å². The van der Waals surface area contributed by atoms with Crippen molar-refractivity contribution in [3.8, 4) is 0 Å². The van der Waals surface area contributed by atoms with Gasteiger partial charge < -0.3 is 0 Å². The van der Waals surface area contributed by atoms with Crippen LogP contribution in [0, 0.1) is 0 Å². The average Bonchev–Trinajstić information content (AvgIpc) is 3.02. The fourth-order valence-corrected chi connectivity index (χ4v) is 12.3. The van der Waals surface area contributed by atoms with Crippen molar-refractivity contribution in [1.29, 1.82) is 0 Å². The first-order valence-corrected chi connectivity index (χ1v) is 17.5. The third-order valence-electron chi connectivity index (χ3n) is 7.45. The SMILES string of the molecule is C=Cc1cccc(C[P+](CCCCP(c2ccccc2)c2ccccc2)(c2ccccc2)c2ccccc2)c1. The quantitative estimate of drug-likeness (QED) is 0.109. The molecule has 5 aromatic rings. The lowest BCUT2D eigenvalue weighted by atomic mass is 10.1. The summed E-state index contributed by atoms with van der Waals surface area (Å²) < 4.78 is 0. The maximum absolute atomic E-state index is 4.02. The molecule has 0 heterocycles. The highest BCUT2D eigenvalue weighted by Gasteiger charge is 2.42. The summed E-state index contributed by atoms with van der Waals surface area (Å²) in [6.45, 7) is 4.02. The van der Waals surface area contributed by atoms with E-state index in [0.29, 0.717) is 0 Å². The van der Waals surface area contributed by atoms with Crippen LogP contribution in [0.4, 0.5) is 0 Å². The van der Waals surface area contributed by atoms with E-state index < -0.39 is 7.26 Å². The number of rotatable bonds is 12. The molecule has 5 aromatic carbocycles. The van der Waals surface area contributed by atoms with E-state index in [4.69, 9.17) is 0 Å². The summed E-state index contributed by atoms with van der Waals surface area (Å²) >= 11 is 0. The Morgan fingerprint density at radius 2 is 1.08 bits per heavy atom. The van der Waals surface area contributed by atoms with Gasteiger partial charge >= 0.3 is 0 Å². The molecule has 0 aromatic heterocycles. The van der Waals surface area contributed by atoms with E-state index in [-0.39, 0.29) is 7.92 Å². The average molecular weight is 544 g/mol. The molecule has 0 unspecified atom stereocenters. The van der Waals surface area contributed by atoms with E-state index in [1.165, 1.54) is 57.5 Å². The molecule has 5 rings (SSSR count). The molecule has 0 aliphatic rings. The first-order valence-electron chi connectivity index (χ1n) is 13.9. The largest absolute Gasteiger partial charge is 0.0995 e. The third kappa shape index (κ3) is 6.83. The van der Waals surface area contributed by atoms with E-state index in [1.54, 1.807) is 0 Å². The smallest absolute Gasteiger partial charge is 0.0985 e. The topological polar surface area (TPSA) is 0 Å². The molecule has 0 spiro atoms. The maximum Gasteiger partial charge on any atom is 0.0995 e. The van der Waals surface area contributed by atoms with Crippen LogP contribution in [-0.4, -0.2) is 12.3 Å². The van der Waals surface area contributed by atoms with Gasteiger partial charge in [0.05, 0.1) is 30.2 Å². The van der Waals surface area contributed by atoms with Crippen LogP contribution >= 0.6 is 15.2 Å². The molecule has 194 valence electrons. The van der Waals surface area contributed by atoms with E-state index in [2.05, 4.69) is 152 Å². The Morgan fingerprint density at radius 1 is 0.564 bits per heavy atom. The van der Waals surface area contributed by atoms with Crippen LogP contribution in [-0.2, 0) is 6.16 Å². The molecule has 0 aliphatic carbocycles. The van der Waals surface area contributed by atoms with Crippen LogP contribution in [0.15, 0.2) is 152 Å². The van der Waals surface area contributed by atoms with Gasteiger partial charge in [-0.05, 0) is 79.0 Å². The Balaban J connectivity index is 1.45. The molecule has 39 heavy (non-hydrogen) atoms. The van der Waals surface area contributed by atoms with Gasteiger partial charge in [0.1, 0.15) is 0 Å². The summed E-state index contributed by atoms with van der Waals surface area (Å²) in [5.74, 6) is 0. The summed E-state index contributed by atoms with van der Waals surface area (Å²) in [7, 11) is -2.04. The highest BCUT2D eigenvalue weighted by molar-refractivity contribution is 7.88. The Kier molecular flexibility index (Phi) is 9.56. The molecule has 0 nitrogen and oxygen atoms in total. The van der Waals surface area contributed by atoms with E-state index in [0.717, 1.165) is 6.16 Å². The molecule has 2 heteroatoms. The molecular weight excluding hydrogens is 506 g/mol. The predicted molar refractivity (Wildman–Crippen MR) is 177 cm³/mol. The second kappa shape index (κ2) is 13.7. The molecule has 0 N–H and O–H groups in total. The zero-order chi connectivity index (χ0) is 26.8.